The summed E-state index contributed by atoms with van der Waals surface area (Å²) in [6, 6.07) is 5.74. The van der Waals surface area contributed by atoms with Crippen molar-refractivity contribution in [1.82, 2.24) is 15.5 Å². The van der Waals surface area contributed by atoms with Crippen LogP contribution in [0.5, 0.6) is 0 Å². The fraction of sp³-hybridized carbons (Fsp3) is 0.200. The van der Waals surface area contributed by atoms with Crippen LogP contribution in [0, 0.1) is 0 Å². The highest BCUT2D eigenvalue weighted by Crippen LogP contribution is 2.32. The van der Waals surface area contributed by atoms with E-state index < -0.39 is 0 Å². The minimum Gasteiger partial charge on any atom is -0.313 e. The maximum absolute atomic E-state index is 6.14. The number of benzene rings is 1. The van der Waals surface area contributed by atoms with Gasteiger partial charge in [-0.05, 0) is 25.2 Å². The molecule has 1 aromatic carbocycles. The average Bonchev–Trinajstić information content (AvgIpc) is 2.67. The molecule has 0 bridgehead atoms. The van der Waals surface area contributed by atoms with Crippen molar-refractivity contribution in [3.8, 4) is 10.6 Å². The first-order valence-electron chi connectivity index (χ1n) is 4.63. The van der Waals surface area contributed by atoms with Crippen molar-refractivity contribution in [3.63, 3.8) is 0 Å². The molecule has 0 unspecified atom stereocenters. The molecule has 2 rings (SSSR count). The smallest absolute Gasteiger partial charge is 0.149 e. The Bertz CT molecular complexity index is 501. The van der Waals surface area contributed by atoms with Crippen LogP contribution < -0.4 is 5.32 Å². The third-order valence-corrected chi connectivity index (χ3v) is 3.72. The van der Waals surface area contributed by atoms with E-state index >= 15 is 0 Å². The van der Waals surface area contributed by atoms with E-state index in [1.807, 2.05) is 25.2 Å². The van der Waals surface area contributed by atoms with Crippen LogP contribution in [0.1, 0.15) is 5.01 Å². The van der Waals surface area contributed by atoms with Crippen LogP contribution in [0.25, 0.3) is 10.6 Å². The zero-order valence-electron chi connectivity index (χ0n) is 8.50. The minimum atomic E-state index is 0.682. The summed E-state index contributed by atoms with van der Waals surface area (Å²) < 4.78 is 0.959. The number of rotatable bonds is 3. The number of aromatic nitrogens is 2. The van der Waals surface area contributed by atoms with Gasteiger partial charge >= 0.3 is 0 Å². The van der Waals surface area contributed by atoms with Gasteiger partial charge in [-0.2, -0.15) is 0 Å². The number of hydrogen-bond donors (Lipinski definition) is 1. The van der Waals surface area contributed by atoms with Gasteiger partial charge in [0, 0.05) is 16.6 Å². The van der Waals surface area contributed by atoms with Crippen LogP contribution in [0.15, 0.2) is 22.7 Å². The van der Waals surface area contributed by atoms with Crippen LogP contribution in [-0.2, 0) is 6.54 Å². The van der Waals surface area contributed by atoms with Gasteiger partial charge < -0.3 is 5.32 Å². The van der Waals surface area contributed by atoms with E-state index in [-0.39, 0.29) is 0 Å². The van der Waals surface area contributed by atoms with Gasteiger partial charge in [-0.1, -0.05) is 38.9 Å². The molecule has 0 aliphatic carbocycles. The molecule has 84 valence electrons. The van der Waals surface area contributed by atoms with Crippen LogP contribution in [0.3, 0.4) is 0 Å². The van der Waals surface area contributed by atoms with Gasteiger partial charge in [0.1, 0.15) is 10.0 Å². The summed E-state index contributed by atoms with van der Waals surface area (Å²) in [5.41, 5.74) is 0.921. The molecule has 1 N–H and O–H groups in total. The number of nitrogens with zero attached hydrogens (tertiary/aromatic N) is 2. The van der Waals surface area contributed by atoms with Crippen LogP contribution in [0.4, 0.5) is 0 Å². The molecule has 1 heterocycles. The quantitative estimate of drug-likeness (QED) is 0.943. The zero-order chi connectivity index (χ0) is 11.5. The molecule has 0 atom stereocenters. The van der Waals surface area contributed by atoms with Crippen molar-refractivity contribution in [2.24, 2.45) is 0 Å². The first-order valence-corrected chi connectivity index (χ1v) is 6.62. The molecular weight excluding hydrogens is 310 g/mol. The lowest BCUT2D eigenvalue weighted by atomic mass is 10.2. The molecule has 0 saturated carbocycles. The predicted octanol–water partition coefficient (Wildman–Crippen LogP) is 3.34. The molecule has 0 amide bonds. The highest BCUT2D eigenvalue weighted by molar-refractivity contribution is 9.10. The van der Waals surface area contributed by atoms with E-state index in [4.69, 9.17) is 11.6 Å². The summed E-state index contributed by atoms with van der Waals surface area (Å²) in [6.07, 6.45) is 0. The van der Waals surface area contributed by atoms with Crippen LogP contribution >= 0.6 is 38.9 Å². The van der Waals surface area contributed by atoms with Gasteiger partial charge in [0.05, 0.1) is 5.02 Å². The maximum Gasteiger partial charge on any atom is 0.149 e. The first-order chi connectivity index (χ1) is 7.70. The Morgan fingerprint density at radius 2 is 2.25 bits per heavy atom. The second-order valence-electron chi connectivity index (χ2n) is 3.16. The van der Waals surface area contributed by atoms with Crippen molar-refractivity contribution in [3.05, 3.63) is 32.7 Å². The summed E-state index contributed by atoms with van der Waals surface area (Å²) >= 11 is 11.1. The lowest BCUT2D eigenvalue weighted by molar-refractivity contribution is 0.795. The molecule has 3 nitrogen and oxygen atoms in total. The van der Waals surface area contributed by atoms with E-state index in [1.54, 1.807) is 11.3 Å². The Morgan fingerprint density at radius 3 is 2.94 bits per heavy atom. The number of hydrogen-bond acceptors (Lipinski definition) is 4. The van der Waals surface area contributed by atoms with E-state index in [0.29, 0.717) is 5.02 Å². The molecule has 2 aromatic rings. The zero-order valence-corrected chi connectivity index (χ0v) is 11.7. The minimum absolute atomic E-state index is 0.682. The van der Waals surface area contributed by atoms with E-state index in [2.05, 4.69) is 31.4 Å². The van der Waals surface area contributed by atoms with Crippen molar-refractivity contribution < 1.29 is 0 Å². The average molecular weight is 319 g/mol. The van der Waals surface area contributed by atoms with Crippen molar-refractivity contribution in [2.45, 2.75) is 6.54 Å². The molecular formula is C10H9BrClN3S. The molecule has 1 aromatic heterocycles. The molecule has 0 aliphatic heterocycles. The third kappa shape index (κ3) is 2.60. The second-order valence-corrected chi connectivity index (χ2v) is 5.54. The lowest BCUT2D eigenvalue weighted by Crippen LogP contribution is -2.04. The van der Waals surface area contributed by atoms with Gasteiger partial charge in [0.2, 0.25) is 0 Å². The van der Waals surface area contributed by atoms with Crippen LogP contribution in [0.2, 0.25) is 5.02 Å². The van der Waals surface area contributed by atoms with Crippen molar-refractivity contribution >= 4 is 38.9 Å². The Morgan fingerprint density at radius 1 is 1.44 bits per heavy atom. The van der Waals surface area contributed by atoms with E-state index in [1.165, 1.54) is 0 Å². The molecule has 0 saturated heterocycles. The molecule has 0 aliphatic rings. The maximum atomic E-state index is 6.14. The lowest BCUT2D eigenvalue weighted by Gasteiger charge is -1.99. The van der Waals surface area contributed by atoms with Crippen molar-refractivity contribution in [1.29, 1.82) is 0 Å². The summed E-state index contributed by atoms with van der Waals surface area (Å²) in [5.74, 6) is 0. The topological polar surface area (TPSA) is 37.8 Å². The Labute approximate surface area is 111 Å². The van der Waals surface area contributed by atoms with Gasteiger partial charge in [-0.25, -0.2) is 0 Å². The number of nitrogens with one attached hydrogen (secondary N) is 1. The first kappa shape index (κ1) is 12.0. The highest BCUT2D eigenvalue weighted by atomic mass is 79.9. The summed E-state index contributed by atoms with van der Waals surface area (Å²) in [5, 5.41) is 13.7. The molecule has 16 heavy (non-hydrogen) atoms. The monoisotopic (exact) mass is 317 g/mol. The van der Waals surface area contributed by atoms with Gasteiger partial charge in [-0.15, -0.1) is 10.2 Å². The molecule has 0 fully saturated rings. The second kappa shape index (κ2) is 5.23. The summed E-state index contributed by atoms with van der Waals surface area (Å²) in [4.78, 5) is 0. The van der Waals surface area contributed by atoms with E-state index in [0.717, 1.165) is 26.6 Å². The van der Waals surface area contributed by atoms with Gasteiger partial charge in [0.15, 0.2) is 0 Å². The van der Waals surface area contributed by atoms with E-state index in [9.17, 15) is 0 Å². The fourth-order valence-electron chi connectivity index (χ4n) is 1.25. The summed E-state index contributed by atoms with van der Waals surface area (Å²) in [7, 11) is 1.88. The predicted molar refractivity (Wildman–Crippen MR) is 70.8 cm³/mol. The van der Waals surface area contributed by atoms with Gasteiger partial charge in [-0.3, -0.25) is 0 Å². The standard InChI is InChI=1S/C10H9BrClN3S/c1-13-5-9-14-15-10(16-9)7-3-2-6(11)4-8(7)12/h2-4,13H,5H2,1H3. The summed E-state index contributed by atoms with van der Waals surface area (Å²) in [6.45, 7) is 0.728. The number of halogens is 2. The SMILES string of the molecule is CNCc1nnc(-c2ccc(Br)cc2Cl)s1. The molecule has 0 spiro atoms. The fourth-order valence-corrected chi connectivity index (χ4v) is 2.96. The Kier molecular flexibility index (Phi) is 3.91. The molecule has 0 radical (unpaired) electrons. The largest absolute Gasteiger partial charge is 0.313 e. The Hall–Kier alpha value is -0.490. The normalized spacial score (nSPS) is 10.7. The van der Waals surface area contributed by atoms with Crippen molar-refractivity contribution in [2.75, 3.05) is 7.05 Å². The van der Waals surface area contributed by atoms with Gasteiger partial charge in [0.25, 0.3) is 0 Å². The molecule has 6 heteroatoms. The highest BCUT2D eigenvalue weighted by Gasteiger charge is 2.09. The Balaban J connectivity index is 2.35. The van der Waals surface area contributed by atoms with Crippen LogP contribution in [-0.4, -0.2) is 17.2 Å². The third-order valence-electron chi connectivity index (χ3n) is 1.96.